The summed E-state index contributed by atoms with van der Waals surface area (Å²) in [5, 5.41) is 6.89. The van der Waals surface area contributed by atoms with Crippen molar-refractivity contribution in [2.75, 3.05) is 33.3 Å². The van der Waals surface area contributed by atoms with Gasteiger partial charge in [-0.25, -0.2) is 0 Å². The lowest BCUT2D eigenvalue weighted by atomic mass is 9.76. The third-order valence-electron chi connectivity index (χ3n) is 7.49. The van der Waals surface area contributed by atoms with E-state index >= 15 is 0 Å². The number of piperidine rings is 2. The fourth-order valence-corrected chi connectivity index (χ4v) is 5.81. The molecule has 2 saturated carbocycles. The first kappa shape index (κ1) is 20.6. The van der Waals surface area contributed by atoms with Gasteiger partial charge in [0.25, 0.3) is 6.47 Å². The minimum Gasteiger partial charge on any atom is -0.483 e. The molecule has 6 heteroatoms. The Hall–Kier alpha value is -1.14. The van der Waals surface area contributed by atoms with Crippen LogP contribution >= 0.6 is 0 Å². The molecule has 4 aliphatic rings. The first-order valence-electron chi connectivity index (χ1n) is 10.8. The van der Waals surface area contributed by atoms with Crippen LogP contribution in [0.2, 0.25) is 0 Å². The third-order valence-corrected chi connectivity index (χ3v) is 7.49. The molecule has 27 heavy (non-hydrogen) atoms. The normalized spacial score (nSPS) is 32.6. The minimum absolute atomic E-state index is 0.250. The number of methoxy groups -OCH3 is 1. The molecule has 2 atom stereocenters. The third kappa shape index (κ3) is 4.48. The number of hydrogen-bond acceptors (Lipinski definition) is 4. The van der Waals surface area contributed by atoms with E-state index in [-0.39, 0.29) is 6.47 Å². The fourth-order valence-electron chi connectivity index (χ4n) is 5.81. The van der Waals surface area contributed by atoms with Crippen molar-refractivity contribution in [1.29, 1.82) is 0 Å². The predicted molar refractivity (Wildman–Crippen MR) is 104 cm³/mol. The van der Waals surface area contributed by atoms with Crippen molar-refractivity contribution < 1.29 is 19.4 Å². The first-order valence-corrected chi connectivity index (χ1v) is 10.8. The van der Waals surface area contributed by atoms with Crippen LogP contribution in [0.4, 0.5) is 0 Å². The highest BCUT2D eigenvalue weighted by atomic mass is 16.5. The highest BCUT2D eigenvalue weighted by molar-refractivity contribution is 5.79. The monoisotopic (exact) mass is 380 g/mol. The summed E-state index contributed by atoms with van der Waals surface area (Å²) < 4.78 is 5.85. The van der Waals surface area contributed by atoms with Crippen LogP contribution in [0.3, 0.4) is 0 Å². The van der Waals surface area contributed by atoms with E-state index in [1.54, 1.807) is 0 Å². The zero-order valence-electron chi connectivity index (χ0n) is 16.8. The van der Waals surface area contributed by atoms with Crippen LogP contribution in [0.1, 0.15) is 64.2 Å². The first-order chi connectivity index (χ1) is 13.1. The lowest BCUT2D eigenvalue weighted by Gasteiger charge is -2.48. The second-order valence-electron chi connectivity index (χ2n) is 8.84. The van der Waals surface area contributed by atoms with Crippen LogP contribution in [0.25, 0.3) is 0 Å². The number of carbonyl (C=O) groups is 2. The average molecular weight is 381 g/mol. The maximum absolute atomic E-state index is 12.4. The summed E-state index contributed by atoms with van der Waals surface area (Å²) in [5.74, 6) is 0.811. The Balaban J connectivity index is 0.000000659. The van der Waals surface area contributed by atoms with Gasteiger partial charge < -0.3 is 14.7 Å². The van der Waals surface area contributed by atoms with Gasteiger partial charge >= 0.3 is 0 Å². The Kier molecular flexibility index (Phi) is 7.15. The molecule has 1 amide bonds. The van der Waals surface area contributed by atoms with Gasteiger partial charge in [0.05, 0.1) is 6.10 Å². The van der Waals surface area contributed by atoms with Crippen molar-refractivity contribution in [2.45, 2.75) is 76.4 Å². The summed E-state index contributed by atoms with van der Waals surface area (Å²) >= 11 is 0. The van der Waals surface area contributed by atoms with Crippen LogP contribution in [0.15, 0.2) is 0 Å². The summed E-state index contributed by atoms with van der Waals surface area (Å²) in [6.45, 7) is 4.20. The summed E-state index contributed by atoms with van der Waals surface area (Å²) in [6.07, 6.45) is 12.9. The highest BCUT2D eigenvalue weighted by Crippen LogP contribution is 2.47. The Morgan fingerprint density at radius 1 is 1.04 bits per heavy atom. The summed E-state index contributed by atoms with van der Waals surface area (Å²) in [5.41, 5.74) is 0.423. The van der Waals surface area contributed by atoms with Gasteiger partial charge in [0.15, 0.2) is 0 Å². The number of amides is 1. The molecule has 0 radical (unpaired) electrons. The number of rotatable bonds is 3. The van der Waals surface area contributed by atoms with Crippen molar-refractivity contribution in [3.05, 3.63) is 0 Å². The SMILES string of the molecule is CO[C@@H]1CCC[C@]12CCCN(C1CCN(C(=O)C3CCC3)CC1)C2.O=CO. The maximum Gasteiger partial charge on any atom is 0.290 e. The van der Waals surface area contributed by atoms with Crippen LogP contribution in [-0.2, 0) is 14.3 Å². The lowest BCUT2D eigenvalue weighted by Crippen LogP contribution is -2.54. The van der Waals surface area contributed by atoms with E-state index in [1.807, 2.05) is 7.11 Å². The number of hydrogen-bond donors (Lipinski definition) is 1. The van der Waals surface area contributed by atoms with E-state index in [0.717, 1.165) is 25.9 Å². The molecule has 0 bridgehead atoms. The van der Waals surface area contributed by atoms with E-state index < -0.39 is 0 Å². The molecular formula is C21H36N2O4. The van der Waals surface area contributed by atoms with Gasteiger partial charge in [-0.1, -0.05) is 12.8 Å². The predicted octanol–water partition coefficient (Wildman–Crippen LogP) is 2.76. The zero-order valence-corrected chi connectivity index (χ0v) is 16.8. The van der Waals surface area contributed by atoms with Crippen molar-refractivity contribution in [2.24, 2.45) is 11.3 Å². The van der Waals surface area contributed by atoms with E-state index in [1.165, 1.54) is 64.5 Å². The zero-order chi connectivity index (χ0) is 19.3. The summed E-state index contributed by atoms with van der Waals surface area (Å²) in [6, 6.07) is 0.686. The van der Waals surface area contributed by atoms with Crippen LogP contribution in [0.5, 0.6) is 0 Å². The molecule has 0 unspecified atom stereocenters. The van der Waals surface area contributed by atoms with Crippen molar-refractivity contribution >= 4 is 12.4 Å². The molecule has 2 aliphatic heterocycles. The van der Waals surface area contributed by atoms with Crippen molar-refractivity contribution in [3.63, 3.8) is 0 Å². The van der Waals surface area contributed by atoms with Crippen molar-refractivity contribution in [1.82, 2.24) is 9.80 Å². The standard InChI is InChI=1S/C20H34N2O2.CH2O2/c1-24-18-7-3-10-20(18)11-4-12-22(15-20)17-8-13-21(14-9-17)19(23)16-5-2-6-16;2-1-3/h16-18H,2-15H2,1H3;1H,(H,2,3)/t18-,20-;/m1./s1. The number of carboxylic acid groups (broad SMARTS) is 1. The summed E-state index contributed by atoms with van der Waals surface area (Å²) in [7, 11) is 1.90. The molecule has 2 saturated heterocycles. The molecule has 4 rings (SSSR count). The number of ether oxygens (including phenoxy) is 1. The van der Waals surface area contributed by atoms with Crippen molar-refractivity contribution in [3.8, 4) is 0 Å². The van der Waals surface area contributed by atoms with Crippen LogP contribution in [-0.4, -0.2) is 72.7 Å². The van der Waals surface area contributed by atoms with E-state index in [2.05, 4.69) is 9.80 Å². The Bertz CT molecular complexity index is 502. The Morgan fingerprint density at radius 3 is 2.30 bits per heavy atom. The van der Waals surface area contributed by atoms with Gasteiger partial charge in [-0.2, -0.15) is 0 Å². The molecule has 1 N–H and O–H groups in total. The molecule has 154 valence electrons. The molecule has 2 heterocycles. The number of likely N-dealkylation sites (tertiary alicyclic amines) is 2. The molecule has 4 fully saturated rings. The fraction of sp³-hybridized carbons (Fsp3) is 0.905. The van der Waals surface area contributed by atoms with E-state index in [0.29, 0.717) is 29.4 Å². The quantitative estimate of drug-likeness (QED) is 0.763. The maximum atomic E-state index is 12.4. The largest absolute Gasteiger partial charge is 0.483 e. The highest BCUT2D eigenvalue weighted by Gasteiger charge is 2.47. The molecule has 1 spiro atoms. The molecule has 0 aromatic carbocycles. The molecule has 2 aliphatic carbocycles. The second kappa shape index (κ2) is 9.37. The van der Waals surface area contributed by atoms with Crippen LogP contribution in [0, 0.1) is 11.3 Å². The van der Waals surface area contributed by atoms with Gasteiger partial charge in [0, 0.05) is 44.1 Å². The van der Waals surface area contributed by atoms with E-state index in [9.17, 15) is 4.79 Å². The smallest absolute Gasteiger partial charge is 0.290 e. The Morgan fingerprint density at radius 2 is 1.70 bits per heavy atom. The van der Waals surface area contributed by atoms with Gasteiger partial charge in [-0.05, 0) is 57.9 Å². The molecular weight excluding hydrogens is 344 g/mol. The summed E-state index contributed by atoms with van der Waals surface area (Å²) in [4.78, 5) is 25.7. The topological polar surface area (TPSA) is 70.1 Å². The number of carbonyl (C=O) groups excluding carboxylic acids is 1. The van der Waals surface area contributed by atoms with Crippen LogP contribution < -0.4 is 0 Å². The Labute approximate surface area is 163 Å². The lowest BCUT2D eigenvalue weighted by molar-refractivity contribution is -0.140. The van der Waals surface area contributed by atoms with Gasteiger partial charge in [0.1, 0.15) is 0 Å². The van der Waals surface area contributed by atoms with Gasteiger partial charge in [-0.15, -0.1) is 0 Å². The van der Waals surface area contributed by atoms with Gasteiger partial charge in [-0.3, -0.25) is 14.5 Å². The minimum atomic E-state index is -0.250. The number of nitrogens with zero attached hydrogens (tertiary/aromatic N) is 2. The molecule has 0 aromatic rings. The average Bonchev–Trinajstić information content (AvgIpc) is 3.02. The molecule has 6 nitrogen and oxygen atoms in total. The molecule has 0 aromatic heterocycles. The second-order valence-corrected chi connectivity index (χ2v) is 8.84. The van der Waals surface area contributed by atoms with Gasteiger partial charge in [0.2, 0.25) is 5.91 Å². The van der Waals surface area contributed by atoms with E-state index in [4.69, 9.17) is 14.6 Å².